The van der Waals surface area contributed by atoms with Crippen LogP contribution in [0.3, 0.4) is 0 Å². The first kappa shape index (κ1) is 19.7. The van der Waals surface area contributed by atoms with Crippen LogP contribution in [0.15, 0.2) is 29.3 Å². The maximum atomic E-state index is 5.17. The molecule has 1 aliphatic rings. The first-order valence-electron chi connectivity index (χ1n) is 9.50. The monoisotopic (exact) mass is 346 g/mol. The summed E-state index contributed by atoms with van der Waals surface area (Å²) in [5, 5.41) is 6.88. The molecule has 1 heterocycles. The molecule has 1 aromatic carbocycles. The van der Waals surface area contributed by atoms with Crippen LogP contribution in [0.2, 0.25) is 0 Å². The van der Waals surface area contributed by atoms with Gasteiger partial charge in [-0.15, -0.1) is 0 Å². The number of aryl methyl sites for hydroxylation is 1. The van der Waals surface area contributed by atoms with Crippen LogP contribution in [0.5, 0.6) is 0 Å². The molecule has 0 bridgehead atoms. The Labute approximate surface area is 152 Å². The van der Waals surface area contributed by atoms with E-state index in [4.69, 9.17) is 9.73 Å². The minimum absolute atomic E-state index is 0.715. The minimum Gasteiger partial charge on any atom is -0.383 e. The van der Waals surface area contributed by atoms with Crippen molar-refractivity contribution in [3.05, 3.63) is 35.4 Å². The smallest absolute Gasteiger partial charge is 0.191 e. The predicted molar refractivity (Wildman–Crippen MR) is 105 cm³/mol. The molecule has 1 saturated heterocycles. The first-order chi connectivity index (χ1) is 12.2. The zero-order valence-electron chi connectivity index (χ0n) is 16.1. The maximum absolute atomic E-state index is 5.17. The van der Waals surface area contributed by atoms with Gasteiger partial charge in [-0.1, -0.05) is 29.8 Å². The highest BCUT2D eigenvalue weighted by atomic mass is 16.5. The van der Waals surface area contributed by atoms with Crippen LogP contribution < -0.4 is 10.6 Å². The van der Waals surface area contributed by atoms with E-state index in [1.807, 2.05) is 0 Å². The number of hydrogen-bond donors (Lipinski definition) is 2. The summed E-state index contributed by atoms with van der Waals surface area (Å²) in [6.45, 7) is 11.1. The molecular formula is C20H34N4O. The molecule has 2 N–H and O–H groups in total. The van der Waals surface area contributed by atoms with Crippen molar-refractivity contribution in [2.75, 3.05) is 46.4 Å². The van der Waals surface area contributed by atoms with E-state index in [1.165, 1.54) is 37.1 Å². The van der Waals surface area contributed by atoms with Crippen molar-refractivity contribution in [1.82, 2.24) is 15.5 Å². The van der Waals surface area contributed by atoms with Crippen LogP contribution in [0.25, 0.3) is 0 Å². The van der Waals surface area contributed by atoms with Crippen molar-refractivity contribution in [2.45, 2.75) is 33.2 Å². The fourth-order valence-corrected chi connectivity index (χ4v) is 3.20. The van der Waals surface area contributed by atoms with E-state index in [1.54, 1.807) is 7.11 Å². The molecular weight excluding hydrogens is 312 g/mol. The lowest BCUT2D eigenvalue weighted by molar-refractivity contribution is 0.121. The molecule has 0 atom stereocenters. The quantitative estimate of drug-likeness (QED) is 0.561. The number of rotatable bonds is 8. The fraction of sp³-hybridized carbons (Fsp3) is 0.650. The van der Waals surface area contributed by atoms with Gasteiger partial charge in [-0.3, -0.25) is 0 Å². The van der Waals surface area contributed by atoms with Gasteiger partial charge in [0.25, 0.3) is 0 Å². The Morgan fingerprint density at radius 3 is 2.76 bits per heavy atom. The molecule has 0 aromatic heterocycles. The Bertz CT molecular complexity index is 524. The second-order valence-electron chi connectivity index (χ2n) is 6.84. The summed E-state index contributed by atoms with van der Waals surface area (Å²) < 4.78 is 5.17. The summed E-state index contributed by atoms with van der Waals surface area (Å²) >= 11 is 0. The summed E-state index contributed by atoms with van der Waals surface area (Å²) in [4.78, 5) is 7.23. The number of aliphatic imine (C=N–C) groups is 1. The normalized spacial score (nSPS) is 16.8. The third-order valence-electron chi connectivity index (χ3n) is 4.72. The molecule has 1 aliphatic heterocycles. The van der Waals surface area contributed by atoms with Crippen LogP contribution in [-0.2, 0) is 11.3 Å². The predicted octanol–water partition coefficient (Wildman–Crippen LogP) is 2.41. The van der Waals surface area contributed by atoms with Crippen LogP contribution in [0.1, 0.15) is 30.9 Å². The average molecular weight is 347 g/mol. The zero-order chi connectivity index (χ0) is 17.9. The van der Waals surface area contributed by atoms with Gasteiger partial charge in [-0.05, 0) is 51.3 Å². The summed E-state index contributed by atoms with van der Waals surface area (Å²) in [7, 11) is 1.77. The molecule has 140 valence electrons. The van der Waals surface area contributed by atoms with Crippen molar-refractivity contribution >= 4 is 5.96 Å². The summed E-state index contributed by atoms with van der Waals surface area (Å²) in [6.07, 6.45) is 2.49. The van der Waals surface area contributed by atoms with Crippen molar-refractivity contribution in [3.63, 3.8) is 0 Å². The van der Waals surface area contributed by atoms with E-state index in [0.717, 1.165) is 38.1 Å². The lowest BCUT2D eigenvalue weighted by Gasteiger charge is -2.32. The SMILES string of the molecule is CCNC(=NCc1cccc(C)c1)NCC1CCN(CCOC)CC1. The topological polar surface area (TPSA) is 48.9 Å². The number of nitrogens with one attached hydrogen (secondary N) is 2. The Balaban J connectivity index is 1.76. The average Bonchev–Trinajstić information content (AvgIpc) is 2.63. The van der Waals surface area contributed by atoms with Crippen LogP contribution in [0.4, 0.5) is 0 Å². The van der Waals surface area contributed by atoms with Gasteiger partial charge in [0, 0.05) is 26.7 Å². The highest BCUT2D eigenvalue weighted by Gasteiger charge is 2.18. The summed E-state index contributed by atoms with van der Waals surface area (Å²) in [6, 6.07) is 8.55. The van der Waals surface area contributed by atoms with Crippen molar-refractivity contribution < 1.29 is 4.74 Å². The number of piperidine rings is 1. The standard InChI is InChI=1S/C20H34N4O/c1-4-21-20(23-16-19-7-5-6-17(2)14-19)22-15-18-8-10-24(11-9-18)12-13-25-3/h5-7,14,18H,4,8-13,15-16H2,1-3H3,(H2,21,22,23). The zero-order valence-corrected chi connectivity index (χ0v) is 16.1. The van der Waals surface area contributed by atoms with Gasteiger partial charge in [0.05, 0.1) is 13.2 Å². The van der Waals surface area contributed by atoms with Crippen LogP contribution in [0, 0.1) is 12.8 Å². The molecule has 1 fully saturated rings. The fourth-order valence-electron chi connectivity index (χ4n) is 3.20. The van der Waals surface area contributed by atoms with Crippen molar-refractivity contribution in [2.24, 2.45) is 10.9 Å². The lowest BCUT2D eigenvalue weighted by Crippen LogP contribution is -2.43. The lowest BCUT2D eigenvalue weighted by atomic mass is 9.97. The molecule has 0 unspecified atom stereocenters. The number of guanidine groups is 1. The number of hydrogen-bond acceptors (Lipinski definition) is 3. The molecule has 1 aromatic rings. The van der Waals surface area contributed by atoms with E-state index in [9.17, 15) is 0 Å². The van der Waals surface area contributed by atoms with E-state index in [2.05, 4.69) is 53.6 Å². The summed E-state index contributed by atoms with van der Waals surface area (Å²) in [5.41, 5.74) is 2.54. The van der Waals surface area contributed by atoms with Gasteiger partial charge < -0.3 is 20.3 Å². The molecule has 5 heteroatoms. The van der Waals surface area contributed by atoms with Crippen LogP contribution >= 0.6 is 0 Å². The van der Waals surface area contributed by atoms with Gasteiger partial charge in [0.1, 0.15) is 0 Å². The third-order valence-corrected chi connectivity index (χ3v) is 4.72. The Kier molecular flexibility index (Phi) is 8.77. The molecule has 0 saturated carbocycles. The van der Waals surface area contributed by atoms with Crippen molar-refractivity contribution in [1.29, 1.82) is 0 Å². The molecule has 0 spiro atoms. The highest BCUT2D eigenvalue weighted by Crippen LogP contribution is 2.16. The highest BCUT2D eigenvalue weighted by molar-refractivity contribution is 5.79. The molecule has 2 rings (SSSR count). The number of benzene rings is 1. The largest absolute Gasteiger partial charge is 0.383 e. The number of nitrogens with zero attached hydrogens (tertiary/aromatic N) is 2. The van der Waals surface area contributed by atoms with E-state index >= 15 is 0 Å². The number of methoxy groups -OCH3 is 1. The van der Waals surface area contributed by atoms with Gasteiger partial charge in [0.2, 0.25) is 0 Å². The summed E-state index contributed by atoms with van der Waals surface area (Å²) in [5.74, 6) is 1.65. The second-order valence-corrected chi connectivity index (χ2v) is 6.84. The third kappa shape index (κ3) is 7.45. The van der Waals surface area contributed by atoms with Gasteiger partial charge in [-0.2, -0.15) is 0 Å². The second kappa shape index (κ2) is 11.1. The maximum Gasteiger partial charge on any atom is 0.191 e. The molecule has 0 radical (unpaired) electrons. The van der Waals surface area contributed by atoms with E-state index < -0.39 is 0 Å². The Morgan fingerprint density at radius 2 is 2.08 bits per heavy atom. The van der Waals surface area contributed by atoms with E-state index in [-0.39, 0.29) is 0 Å². The van der Waals surface area contributed by atoms with Gasteiger partial charge >= 0.3 is 0 Å². The Morgan fingerprint density at radius 1 is 1.28 bits per heavy atom. The molecule has 25 heavy (non-hydrogen) atoms. The molecule has 5 nitrogen and oxygen atoms in total. The van der Waals surface area contributed by atoms with Gasteiger partial charge in [-0.25, -0.2) is 4.99 Å². The first-order valence-corrected chi connectivity index (χ1v) is 9.50. The minimum atomic E-state index is 0.715. The Hall–Kier alpha value is -1.59. The molecule has 0 aliphatic carbocycles. The van der Waals surface area contributed by atoms with Crippen LogP contribution in [-0.4, -0.2) is 57.3 Å². The molecule has 0 amide bonds. The van der Waals surface area contributed by atoms with Gasteiger partial charge in [0.15, 0.2) is 5.96 Å². The number of ether oxygens (including phenoxy) is 1. The number of likely N-dealkylation sites (tertiary alicyclic amines) is 1. The van der Waals surface area contributed by atoms with Crippen molar-refractivity contribution in [3.8, 4) is 0 Å². The van der Waals surface area contributed by atoms with E-state index in [0.29, 0.717) is 6.54 Å².